The van der Waals surface area contributed by atoms with Crippen LogP contribution < -0.4 is 10.5 Å². The topological polar surface area (TPSA) is 77.7 Å². The molecule has 2 aliphatic rings. The zero-order valence-electron chi connectivity index (χ0n) is 17.5. The summed E-state index contributed by atoms with van der Waals surface area (Å²) in [6.45, 7) is 1.48. The summed E-state index contributed by atoms with van der Waals surface area (Å²) in [5.41, 5.74) is 3.55. The van der Waals surface area contributed by atoms with Crippen molar-refractivity contribution in [3.8, 4) is 6.07 Å². The van der Waals surface area contributed by atoms with E-state index in [1.807, 2.05) is 30.5 Å². The first-order valence-corrected chi connectivity index (χ1v) is 11.1. The molecule has 0 spiro atoms. The van der Waals surface area contributed by atoms with Gasteiger partial charge in [-0.25, -0.2) is 9.37 Å². The van der Waals surface area contributed by atoms with E-state index < -0.39 is 5.82 Å². The average Bonchev–Trinajstić information content (AvgIpc) is 3.55. The Bertz CT molecular complexity index is 1460. The quantitative estimate of drug-likeness (QED) is 0.518. The van der Waals surface area contributed by atoms with Crippen LogP contribution in [0.3, 0.4) is 0 Å². The van der Waals surface area contributed by atoms with Crippen molar-refractivity contribution in [2.45, 2.75) is 37.6 Å². The van der Waals surface area contributed by atoms with Gasteiger partial charge in [-0.15, -0.1) is 0 Å². The molecule has 4 aromatic rings. The van der Waals surface area contributed by atoms with Gasteiger partial charge in [0.05, 0.1) is 29.0 Å². The second kappa shape index (κ2) is 7.20. The highest BCUT2D eigenvalue weighted by Gasteiger charge is 2.27. The van der Waals surface area contributed by atoms with Gasteiger partial charge in [0.1, 0.15) is 17.3 Å². The molecule has 1 N–H and O–H groups in total. The van der Waals surface area contributed by atoms with Crippen LogP contribution in [-0.2, 0) is 0 Å². The summed E-state index contributed by atoms with van der Waals surface area (Å²) in [6.07, 6.45) is 7.31. The molecule has 2 aromatic carbocycles. The molecule has 0 bridgehead atoms. The molecule has 1 atom stereocenters. The molecule has 7 heteroatoms. The number of piperidine rings is 1. The summed E-state index contributed by atoms with van der Waals surface area (Å²) in [7, 11) is 0. The molecular formula is C25H22FN5O. The highest BCUT2D eigenvalue weighted by Crippen LogP contribution is 2.41. The van der Waals surface area contributed by atoms with Crippen molar-refractivity contribution in [3.05, 3.63) is 70.2 Å². The molecule has 1 saturated carbocycles. The fourth-order valence-corrected chi connectivity index (χ4v) is 5.06. The maximum absolute atomic E-state index is 14.9. The maximum atomic E-state index is 14.9. The minimum Gasteiger partial charge on any atom is -0.369 e. The minimum absolute atomic E-state index is 0.0837. The average molecular weight is 427 g/mol. The van der Waals surface area contributed by atoms with E-state index >= 15 is 0 Å². The standard InChI is InChI=1S/C25H22FN5O/c26-20-10-17(15-3-4-15)11-21-23(20)25(32)31(14-29-21)18-2-1-9-30(13-18)22-6-5-16(12-27)24-19(22)7-8-28-24/h5-8,10-11,14-15,18,28H,1-4,9,13H2. The van der Waals surface area contributed by atoms with Gasteiger partial charge < -0.3 is 9.88 Å². The molecular weight excluding hydrogens is 405 g/mol. The largest absolute Gasteiger partial charge is 0.369 e. The summed E-state index contributed by atoms with van der Waals surface area (Å²) < 4.78 is 16.5. The van der Waals surface area contributed by atoms with Crippen molar-refractivity contribution in [1.82, 2.24) is 14.5 Å². The van der Waals surface area contributed by atoms with Crippen LogP contribution in [0, 0.1) is 17.1 Å². The molecule has 1 aliphatic heterocycles. The summed E-state index contributed by atoms with van der Waals surface area (Å²) in [4.78, 5) is 23.1. The number of nitrogens with zero attached hydrogens (tertiary/aromatic N) is 4. The lowest BCUT2D eigenvalue weighted by atomic mass is 10.0. The van der Waals surface area contributed by atoms with Crippen LogP contribution in [0.4, 0.5) is 10.1 Å². The van der Waals surface area contributed by atoms with Crippen LogP contribution in [0.25, 0.3) is 21.8 Å². The van der Waals surface area contributed by atoms with E-state index in [9.17, 15) is 14.4 Å². The summed E-state index contributed by atoms with van der Waals surface area (Å²) >= 11 is 0. The Morgan fingerprint density at radius 1 is 1.19 bits per heavy atom. The number of H-pyrrole nitrogens is 1. The molecule has 0 radical (unpaired) electrons. The lowest BCUT2D eigenvalue weighted by Crippen LogP contribution is -2.40. The number of nitriles is 1. The fourth-order valence-electron chi connectivity index (χ4n) is 5.06. The van der Waals surface area contributed by atoms with Crippen molar-refractivity contribution in [1.29, 1.82) is 5.26 Å². The second-order valence-electron chi connectivity index (χ2n) is 8.88. The number of aromatic nitrogens is 3. The molecule has 6 nitrogen and oxygen atoms in total. The zero-order chi connectivity index (χ0) is 21.8. The number of anilines is 1. The lowest BCUT2D eigenvalue weighted by Gasteiger charge is -2.35. The van der Waals surface area contributed by atoms with Crippen molar-refractivity contribution >= 4 is 27.5 Å². The zero-order valence-corrected chi connectivity index (χ0v) is 17.5. The van der Waals surface area contributed by atoms with Crippen molar-refractivity contribution in [2.24, 2.45) is 0 Å². The Hall–Kier alpha value is -3.66. The van der Waals surface area contributed by atoms with Gasteiger partial charge in [0.25, 0.3) is 5.56 Å². The third kappa shape index (κ3) is 2.98. The van der Waals surface area contributed by atoms with E-state index in [2.05, 4.69) is 20.9 Å². The number of hydrogen-bond donors (Lipinski definition) is 1. The molecule has 3 heterocycles. The van der Waals surface area contributed by atoms with E-state index in [1.54, 1.807) is 10.9 Å². The van der Waals surface area contributed by atoms with E-state index in [4.69, 9.17) is 0 Å². The highest BCUT2D eigenvalue weighted by atomic mass is 19.1. The molecule has 6 rings (SSSR count). The number of benzene rings is 2. The fraction of sp³-hybridized carbons (Fsp3) is 0.320. The third-order valence-electron chi connectivity index (χ3n) is 6.86. The molecule has 2 fully saturated rings. The van der Waals surface area contributed by atoms with Crippen LogP contribution in [-0.4, -0.2) is 27.6 Å². The van der Waals surface area contributed by atoms with Gasteiger partial charge in [-0.3, -0.25) is 9.36 Å². The predicted molar refractivity (Wildman–Crippen MR) is 121 cm³/mol. The number of rotatable bonds is 3. The molecule has 1 saturated heterocycles. The Kier molecular flexibility index (Phi) is 4.29. The SMILES string of the molecule is N#Cc1ccc(N2CCCC(n3cnc4cc(C5CC5)cc(F)c4c3=O)C2)c2cc[nH]c12. The van der Waals surface area contributed by atoms with Gasteiger partial charge >= 0.3 is 0 Å². The lowest BCUT2D eigenvalue weighted by molar-refractivity contribution is 0.395. The summed E-state index contributed by atoms with van der Waals surface area (Å²) in [6, 6.07) is 11.3. The molecule has 32 heavy (non-hydrogen) atoms. The van der Waals surface area contributed by atoms with Gasteiger partial charge in [0.2, 0.25) is 0 Å². The summed E-state index contributed by atoms with van der Waals surface area (Å²) in [5, 5.41) is 10.5. The van der Waals surface area contributed by atoms with Gasteiger partial charge in [-0.05, 0) is 67.5 Å². The van der Waals surface area contributed by atoms with E-state index in [-0.39, 0.29) is 17.0 Å². The minimum atomic E-state index is -0.468. The highest BCUT2D eigenvalue weighted by molar-refractivity contribution is 5.96. The smallest absolute Gasteiger partial charge is 0.264 e. The molecule has 160 valence electrons. The second-order valence-corrected chi connectivity index (χ2v) is 8.88. The monoisotopic (exact) mass is 427 g/mol. The summed E-state index contributed by atoms with van der Waals surface area (Å²) in [5.74, 6) is -0.0623. The molecule has 2 aromatic heterocycles. The molecule has 0 amide bonds. The van der Waals surface area contributed by atoms with Crippen LogP contribution in [0.15, 0.2) is 47.7 Å². The van der Waals surface area contributed by atoms with Gasteiger partial charge in [0.15, 0.2) is 0 Å². The van der Waals surface area contributed by atoms with Crippen LogP contribution in [0.5, 0.6) is 0 Å². The Balaban J connectivity index is 1.37. The van der Waals surface area contributed by atoms with Gasteiger partial charge in [0, 0.05) is 30.4 Å². The predicted octanol–water partition coefficient (Wildman–Crippen LogP) is 4.61. The normalized spacial score (nSPS) is 18.9. The van der Waals surface area contributed by atoms with Gasteiger partial charge in [-0.1, -0.05) is 0 Å². The number of hydrogen-bond acceptors (Lipinski definition) is 4. The van der Waals surface area contributed by atoms with Crippen LogP contribution in [0.1, 0.15) is 48.8 Å². The number of halogens is 1. The number of aromatic amines is 1. The Morgan fingerprint density at radius 3 is 2.88 bits per heavy atom. The first-order chi connectivity index (χ1) is 15.6. The van der Waals surface area contributed by atoms with Crippen LogP contribution >= 0.6 is 0 Å². The first kappa shape index (κ1) is 19.1. The van der Waals surface area contributed by atoms with Crippen molar-refractivity contribution in [2.75, 3.05) is 18.0 Å². The number of fused-ring (bicyclic) bond motifs is 2. The maximum Gasteiger partial charge on any atom is 0.264 e. The Labute approximate surface area is 183 Å². The van der Waals surface area contributed by atoms with E-state index in [1.165, 1.54) is 6.07 Å². The Morgan fingerprint density at radius 2 is 2.06 bits per heavy atom. The third-order valence-corrected chi connectivity index (χ3v) is 6.86. The van der Waals surface area contributed by atoms with Crippen LogP contribution in [0.2, 0.25) is 0 Å². The van der Waals surface area contributed by atoms with E-state index in [0.717, 1.165) is 54.4 Å². The van der Waals surface area contributed by atoms with Crippen molar-refractivity contribution < 1.29 is 4.39 Å². The van der Waals surface area contributed by atoms with Gasteiger partial charge in [-0.2, -0.15) is 5.26 Å². The number of nitrogens with one attached hydrogen (secondary N) is 1. The van der Waals surface area contributed by atoms with Crippen molar-refractivity contribution in [3.63, 3.8) is 0 Å². The first-order valence-electron chi connectivity index (χ1n) is 11.1. The van der Waals surface area contributed by atoms with E-state index in [0.29, 0.717) is 23.5 Å². The molecule has 1 unspecified atom stereocenters. The molecule has 1 aliphatic carbocycles.